The highest BCUT2D eigenvalue weighted by Crippen LogP contribution is 2.19. The Morgan fingerprint density at radius 1 is 1.20 bits per heavy atom. The molecule has 1 aromatic rings. The number of nitrogens with two attached hydrogens (primary N) is 1. The van der Waals surface area contributed by atoms with Crippen LogP contribution in [0.1, 0.15) is 12.0 Å². The molecule has 0 bridgehead atoms. The molecule has 0 unspecified atom stereocenters. The first kappa shape index (κ1) is 12.6. The Bertz CT molecular complexity index is 269. The molecule has 1 rings (SSSR count). The summed E-state index contributed by atoms with van der Waals surface area (Å²) in [6.45, 7) is 1.79. The summed E-state index contributed by atoms with van der Waals surface area (Å²) in [6.07, 6.45) is 1.23. The second kappa shape index (κ2) is 6.88. The molecule has 0 fully saturated rings. The molecule has 0 aliphatic rings. The first-order chi connectivity index (χ1) is 7.22. The smallest absolute Gasteiger partial charge is 0.0178 e. The van der Waals surface area contributed by atoms with Crippen molar-refractivity contribution in [2.24, 2.45) is 5.73 Å². The van der Waals surface area contributed by atoms with Crippen LogP contribution >= 0.6 is 11.8 Å². The van der Waals surface area contributed by atoms with Gasteiger partial charge in [-0.2, -0.15) is 0 Å². The quantitative estimate of drug-likeness (QED) is 0.593. The summed E-state index contributed by atoms with van der Waals surface area (Å²) in [5.41, 5.74) is 6.74. The third-order valence-electron chi connectivity index (χ3n) is 2.18. The Balaban J connectivity index is 2.25. The molecular weight excluding hydrogens is 204 g/mol. The normalized spacial score (nSPS) is 10.9. The number of rotatable bonds is 6. The van der Waals surface area contributed by atoms with E-state index in [1.54, 1.807) is 0 Å². The Kier molecular flexibility index (Phi) is 5.76. The monoisotopic (exact) mass is 224 g/mol. The van der Waals surface area contributed by atoms with Crippen molar-refractivity contribution in [3.63, 3.8) is 0 Å². The molecule has 0 spiro atoms. The third-order valence-corrected chi connectivity index (χ3v) is 3.28. The number of hydrogen-bond donors (Lipinski definition) is 1. The van der Waals surface area contributed by atoms with Gasteiger partial charge >= 0.3 is 0 Å². The van der Waals surface area contributed by atoms with Crippen molar-refractivity contribution in [1.29, 1.82) is 0 Å². The summed E-state index contributed by atoms with van der Waals surface area (Å²) in [7, 11) is 4.22. The lowest BCUT2D eigenvalue weighted by Gasteiger charge is -2.08. The van der Waals surface area contributed by atoms with Gasteiger partial charge in [-0.05, 0) is 50.5 Å². The van der Waals surface area contributed by atoms with E-state index in [4.69, 9.17) is 5.73 Å². The van der Waals surface area contributed by atoms with Gasteiger partial charge in [-0.15, -0.1) is 11.8 Å². The minimum absolute atomic E-state index is 0.631. The molecule has 0 radical (unpaired) electrons. The minimum Gasteiger partial charge on any atom is -0.326 e. The van der Waals surface area contributed by atoms with Crippen LogP contribution < -0.4 is 5.73 Å². The number of benzene rings is 1. The van der Waals surface area contributed by atoms with Crippen LogP contribution in [0.3, 0.4) is 0 Å². The SMILES string of the molecule is CN(C)CCCSc1ccc(CN)cc1. The molecule has 0 atom stereocenters. The van der Waals surface area contributed by atoms with E-state index in [1.165, 1.54) is 22.6 Å². The number of thioether (sulfide) groups is 1. The second-order valence-corrected chi connectivity index (χ2v) is 5.02. The standard InChI is InChI=1S/C12H20N2S/c1-14(2)8-3-9-15-12-6-4-11(10-13)5-7-12/h4-7H,3,8-10,13H2,1-2H3. The zero-order valence-electron chi connectivity index (χ0n) is 9.57. The molecule has 0 aliphatic carbocycles. The van der Waals surface area contributed by atoms with Gasteiger partial charge in [0.1, 0.15) is 0 Å². The fraction of sp³-hybridized carbons (Fsp3) is 0.500. The summed E-state index contributed by atoms with van der Waals surface area (Å²) in [6, 6.07) is 8.52. The predicted molar refractivity (Wildman–Crippen MR) is 68.2 cm³/mol. The lowest BCUT2D eigenvalue weighted by atomic mass is 10.2. The van der Waals surface area contributed by atoms with Gasteiger partial charge < -0.3 is 10.6 Å². The van der Waals surface area contributed by atoms with Crippen LogP contribution in [0.15, 0.2) is 29.2 Å². The van der Waals surface area contributed by atoms with Crippen molar-refractivity contribution in [2.45, 2.75) is 17.9 Å². The van der Waals surface area contributed by atoms with Crippen LogP contribution in [-0.2, 0) is 6.54 Å². The van der Waals surface area contributed by atoms with E-state index in [1.807, 2.05) is 11.8 Å². The van der Waals surface area contributed by atoms with Gasteiger partial charge in [0.15, 0.2) is 0 Å². The minimum atomic E-state index is 0.631. The van der Waals surface area contributed by atoms with Crippen molar-refractivity contribution in [1.82, 2.24) is 4.90 Å². The average Bonchev–Trinajstić information content (AvgIpc) is 2.25. The molecule has 3 heteroatoms. The van der Waals surface area contributed by atoms with E-state index in [2.05, 4.69) is 43.3 Å². The van der Waals surface area contributed by atoms with E-state index in [0.717, 1.165) is 6.54 Å². The van der Waals surface area contributed by atoms with Crippen molar-refractivity contribution < 1.29 is 0 Å². The fourth-order valence-electron chi connectivity index (χ4n) is 1.29. The maximum absolute atomic E-state index is 5.54. The first-order valence-electron chi connectivity index (χ1n) is 5.29. The largest absolute Gasteiger partial charge is 0.326 e. The highest BCUT2D eigenvalue weighted by molar-refractivity contribution is 7.99. The van der Waals surface area contributed by atoms with Gasteiger partial charge in [-0.25, -0.2) is 0 Å². The van der Waals surface area contributed by atoms with E-state index >= 15 is 0 Å². The highest BCUT2D eigenvalue weighted by atomic mass is 32.2. The van der Waals surface area contributed by atoms with E-state index in [-0.39, 0.29) is 0 Å². The van der Waals surface area contributed by atoms with Gasteiger partial charge in [0.05, 0.1) is 0 Å². The molecule has 0 aromatic heterocycles. The van der Waals surface area contributed by atoms with Crippen LogP contribution in [-0.4, -0.2) is 31.3 Å². The zero-order valence-corrected chi connectivity index (χ0v) is 10.4. The van der Waals surface area contributed by atoms with Gasteiger partial charge in [-0.1, -0.05) is 12.1 Å². The van der Waals surface area contributed by atoms with Gasteiger partial charge in [0.2, 0.25) is 0 Å². The molecule has 0 heterocycles. The number of nitrogens with zero attached hydrogens (tertiary/aromatic N) is 1. The summed E-state index contributed by atoms with van der Waals surface area (Å²) in [5.74, 6) is 1.18. The van der Waals surface area contributed by atoms with Gasteiger partial charge in [0.25, 0.3) is 0 Å². The topological polar surface area (TPSA) is 29.3 Å². The zero-order chi connectivity index (χ0) is 11.1. The number of hydrogen-bond acceptors (Lipinski definition) is 3. The van der Waals surface area contributed by atoms with Crippen LogP contribution in [0.2, 0.25) is 0 Å². The first-order valence-corrected chi connectivity index (χ1v) is 6.27. The van der Waals surface area contributed by atoms with Gasteiger partial charge in [-0.3, -0.25) is 0 Å². The molecular formula is C12H20N2S. The highest BCUT2D eigenvalue weighted by Gasteiger charge is 1.95. The molecule has 0 saturated carbocycles. The molecule has 0 amide bonds. The van der Waals surface area contributed by atoms with Crippen LogP contribution in [0, 0.1) is 0 Å². The Hall–Kier alpha value is -0.510. The van der Waals surface area contributed by atoms with Gasteiger partial charge in [0, 0.05) is 11.4 Å². The van der Waals surface area contributed by atoms with Crippen molar-refractivity contribution in [3.05, 3.63) is 29.8 Å². The van der Waals surface area contributed by atoms with Crippen molar-refractivity contribution >= 4 is 11.8 Å². The van der Waals surface area contributed by atoms with Crippen molar-refractivity contribution in [2.75, 3.05) is 26.4 Å². The summed E-state index contributed by atoms with van der Waals surface area (Å²) < 4.78 is 0. The summed E-state index contributed by atoms with van der Waals surface area (Å²) in [5, 5.41) is 0. The van der Waals surface area contributed by atoms with Crippen LogP contribution in [0.25, 0.3) is 0 Å². The summed E-state index contributed by atoms with van der Waals surface area (Å²) in [4.78, 5) is 3.56. The van der Waals surface area contributed by atoms with Crippen LogP contribution in [0.5, 0.6) is 0 Å². The Labute approximate surface area is 96.8 Å². The van der Waals surface area contributed by atoms with E-state index in [9.17, 15) is 0 Å². The maximum atomic E-state index is 5.54. The lowest BCUT2D eigenvalue weighted by Crippen LogP contribution is -2.13. The molecule has 15 heavy (non-hydrogen) atoms. The summed E-state index contributed by atoms with van der Waals surface area (Å²) >= 11 is 1.91. The average molecular weight is 224 g/mol. The fourth-order valence-corrected chi connectivity index (χ4v) is 2.13. The second-order valence-electron chi connectivity index (χ2n) is 3.85. The Morgan fingerprint density at radius 3 is 2.40 bits per heavy atom. The molecule has 0 saturated heterocycles. The predicted octanol–water partition coefficient (Wildman–Crippen LogP) is 2.19. The molecule has 84 valence electrons. The maximum Gasteiger partial charge on any atom is 0.0178 e. The molecule has 1 aromatic carbocycles. The third kappa shape index (κ3) is 5.21. The van der Waals surface area contributed by atoms with E-state index in [0.29, 0.717) is 6.54 Å². The van der Waals surface area contributed by atoms with E-state index < -0.39 is 0 Å². The molecule has 2 nitrogen and oxygen atoms in total. The Morgan fingerprint density at radius 2 is 1.87 bits per heavy atom. The lowest BCUT2D eigenvalue weighted by molar-refractivity contribution is 0.410. The van der Waals surface area contributed by atoms with Crippen molar-refractivity contribution in [3.8, 4) is 0 Å². The molecule has 2 N–H and O–H groups in total. The molecule has 0 aliphatic heterocycles. The van der Waals surface area contributed by atoms with Crippen LogP contribution in [0.4, 0.5) is 0 Å².